The fourth-order valence-corrected chi connectivity index (χ4v) is 6.45. The third-order valence-corrected chi connectivity index (χ3v) is 8.27. The lowest BCUT2D eigenvalue weighted by molar-refractivity contribution is -0.122. The Morgan fingerprint density at radius 3 is 2.50 bits per heavy atom. The summed E-state index contributed by atoms with van der Waals surface area (Å²) in [4.78, 5) is 27.5. The number of rotatable bonds is 6. The van der Waals surface area contributed by atoms with Crippen LogP contribution in [0.2, 0.25) is 0 Å². The number of aliphatic hydroxyl groups is 1. The first-order valence-electron chi connectivity index (χ1n) is 11.4. The lowest BCUT2D eigenvalue weighted by Gasteiger charge is -2.31. The van der Waals surface area contributed by atoms with Crippen molar-refractivity contribution in [2.75, 3.05) is 37.8 Å². The number of likely N-dealkylation sites (N-methyl/N-ethyl adjacent to an activating group) is 1. The SMILES string of the molecule is CNC(=O)C(c1ccc2c(c1)NC(=O)CS2(=O)=O)[C@H](CN1CC[C@H](O)C1)c1cc(C)cc(C)c1. The van der Waals surface area contributed by atoms with E-state index in [-0.39, 0.29) is 28.5 Å². The van der Waals surface area contributed by atoms with Gasteiger partial charge in [0.15, 0.2) is 9.84 Å². The minimum atomic E-state index is -3.72. The molecule has 1 saturated heterocycles. The maximum atomic E-state index is 13.3. The molecule has 8 nitrogen and oxygen atoms in total. The van der Waals surface area contributed by atoms with E-state index >= 15 is 0 Å². The van der Waals surface area contributed by atoms with Crippen LogP contribution in [0, 0.1) is 13.8 Å². The average Bonchev–Trinajstić information content (AvgIpc) is 3.16. The van der Waals surface area contributed by atoms with Gasteiger partial charge in [-0.05, 0) is 43.5 Å². The molecule has 9 heteroatoms. The van der Waals surface area contributed by atoms with E-state index in [4.69, 9.17) is 0 Å². The van der Waals surface area contributed by atoms with Crippen LogP contribution in [-0.4, -0.2) is 68.8 Å². The first kappa shape index (κ1) is 24.4. The minimum Gasteiger partial charge on any atom is -0.392 e. The molecule has 0 radical (unpaired) electrons. The van der Waals surface area contributed by atoms with E-state index in [1.54, 1.807) is 19.2 Å². The summed E-state index contributed by atoms with van der Waals surface area (Å²) in [5, 5.41) is 15.5. The number of β-amino-alcohol motifs (C(OH)–C–C–N with tert-alkyl or cyclic N) is 1. The standard InChI is InChI=1S/C25H31N3O5S/c1-15-8-16(2)10-18(9-15)20(13-28-7-6-19(29)12-28)24(25(31)26-3)17-4-5-22-21(11-17)27-23(30)14-34(22,32)33/h4-5,8-11,19-20,24,29H,6-7,12-14H2,1-3H3,(H,26,31)(H,27,30)/t19-,20+,24?/m0/s1. The van der Waals surface area contributed by atoms with Gasteiger partial charge in [-0.15, -0.1) is 0 Å². The fraction of sp³-hybridized carbons (Fsp3) is 0.440. The zero-order valence-corrected chi connectivity index (χ0v) is 20.5. The summed E-state index contributed by atoms with van der Waals surface area (Å²) < 4.78 is 25.0. The highest BCUT2D eigenvalue weighted by Crippen LogP contribution is 2.39. The van der Waals surface area contributed by atoms with Crippen LogP contribution in [0.25, 0.3) is 0 Å². The highest BCUT2D eigenvalue weighted by atomic mass is 32.2. The van der Waals surface area contributed by atoms with Crippen molar-refractivity contribution in [1.82, 2.24) is 10.2 Å². The predicted octanol–water partition coefficient (Wildman–Crippen LogP) is 1.71. The van der Waals surface area contributed by atoms with Gasteiger partial charge in [-0.1, -0.05) is 35.4 Å². The first-order valence-corrected chi connectivity index (χ1v) is 13.1. The number of carbonyl (C=O) groups is 2. The molecule has 0 bridgehead atoms. The third kappa shape index (κ3) is 5.01. The van der Waals surface area contributed by atoms with E-state index in [2.05, 4.69) is 33.7 Å². The zero-order valence-electron chi connectivity index (χ0n) is 19.7. The zero-order chi connectivity index (χ0) is 24.6. The van der Waals surface area contributed by atoms with Crippen molar-refractivity contribution >= 4 is 27.3 Å². The van der Waals surface area contributed by atoms with Crippen LogP contribution in [0.1, 0.15) is 40.5 Å². The molecule has 4 rings (SSSR count). The molecule has 182 valence electrons. The van der Waals surface area contributed by atoms with Gasteiger partial charge in [0.25, 0.3) is 0 Å². The van der Waals surface area contributed by atoms with Gasteiger partial charge in [0, 0.05) is 32.6 Å². The van der Waals surface area contributed by atoms with Gasteiger partial charge in [-0.2, -0.15) is 0 Å². The maximum Gasteiger partial charge on any atom is 0.239 e. The molecular weight excluding hydrogens is 454 g/mol. The molecule has 34 heavy (non-hydrogen) atoms. The van der Waals surface area contributed by atoms with E-state index in [1.165, 1.54) is 6.07 Å². The highest BCUT2D eigenvalue weighted by molar-refractivity contribution is 7.92. The van der Waals surface area contributed by atoms with Crippen molar-refractivity contribution < 1.29 is 23.1 Å². The lowest BCUT2D eigenvalue weighted by Crippen LogP contribution is -2.37. The molecule has 2 aromatic rings. The summed E-state index contributed by atoms with van der Waals surface area (Å²) in [6, 6.07) is 11.0. The van der Waals surface area contributed by atoms with Gasteiger partial charge in [0.1, 0.15) is 5.75 Å². The monoisotopic (exact) mass is 485 g/mol. The number of nitrogens with one attached hydrogen (secondary N) is 2. The van der Waals surface area contributed by atoms with Crippen molar-refractivity contribution in [3.05, 3.63) is 58.7 Å². The smallest absolute Gasteiger partial charge is 0.239 e. The van der Waals surface area contributed by atoms with Crippen molar-refractivity contribution in [3.8, 4) is 0 Å². The quantitative estimate of drug-likeness (QED) is 0.574. The molecule has 3 atom stereocenters. The van der Waals surface area contributed by atoms with Crippen LogP contribution in [0.15, 0.2) is 41.3 Å². The van der Waals surface area contributed by atoms with Crippen molar-refractivity contribution in [3.63, 3.8) is 0 Å². The number of amides is 2. The van der Waals surface area contributed by atoms with Crippen LogP contribution < -0.4 is 10.6 Å². The van der Waals surface area contributed by atoms with E-state index in [0.717, 1.165) is 23.2 Å². The highest BCUT2D eigenvalue weighted by Gasteiger charge is 2.36. The molecule has 1 unspecified atom stereocenters. The second kappa shape index (κ2) is 9.48. The van der Waals surface area contributed by atoms with Gasteiger partial charge in [0.2, 0.25) is 11.8 Å². The Kier molecular flexibility index (Phi) is 6.80. The molecule has 0 aromatic heterocycles. The second-order valence-electron chi connectivity index (χ2n) is 9.38. The van der Waals surface area contributed by atoms with Gasteiger partial charge in [-0.25, -0.2) is 8.42 Å². The number of aliphatic hydroxyl groups excluding tert-OH is 1. The molecule has 0 spiro atoms. The van der Waals surface area contributed by atoms with Gasteiger partial charge >= 0.3 is 0 Å². The molecule has 0 saturated carbocycles. The number of fused-ring (bicyclic) bond motifs is 1. The van der Waals surface area contributed by atoms with Crippen LogP contribution >= 0.6 is 0 Å². The van der Waals surface area contributed by atoms with E-state index in [0.29, 0.717) is 25.1 Å². The maximum absolute atomic E-state index is 13.3. The van der Waals surface area contributed by atoms with E-state index in [1.807, 2.05) is 13.8 Å². The average molecular weight is 486 g/mol. The largest absolute Gasteiger partial charge is 0.392 e. The minimum absolute atomic E-state index is 0.0668. The number of likely N-dealkylation sites (tertiary alicyclic amines) is 1. The molecule has 2 aliphatic rings. The Bertz CT molecular complexity index is 1210. The van der Waals surface area contributed by atoms with Crippen LogP contribution in [-0.2, 0) is 19.4 Å². The summed E-state index contributed by atoms with van der Waals surface area (Å²) in [6.45, 7) is 5.87. The second-order valence-corrected chi connectivity index (χ2v) is 11.3. The molecule has 2 aromatic carbocycles. The third-order valence-electron chi connectivity index (χ3n) is 6.60. The summed E-state index contributed by atoms with van der Waals surface area (Å²) in [5.74, 6) is -2.25. The number of hydrogen-bond donors (Lipinski definition) is 3. The lowest BCUT2D eigenvalue weighted by atomic mass is 9.79. The summed E-state index contributed by atoms with van der Waals surface area (Å²) in [6.07, 6.45) is 0.301. The van der Waals surface area contributed by atoms with E-state index < -0.39 is 27.4 Å². The Balaban J connectivity index is 1.82. The number of carbonyl (C=O) groups excluding carboxylic acids is 2. The van der Waals surface area contributed by atoms with E-state index in [9.17, 15) is 23.1 Å². The number of aryl methyl sites for hydroxylation is 2. The number of anilines is 1. The fourth-order valence-electron chi connectivity index (χ4n) is 5.15. The van der Waals surface area contributed by atoms with Crippen molar-refractivity contribution in [2.24, 2.45) is 0 Å². The Morgan fingerprint density at radius 1 is 1.18 bits per heavy atom. The number of benzene rings is 2. The van der Waals surface area contributed by atoms with Gasteiger partial charge < -0.3 is 20.6 Å². The molecule has 0 aliphatic carbocycles. The molecule has 1 fully saturated rings. The Labute approximate surface area is 200 Å². The molecule has 2 amide bonds. The van der Waals surface area contributed by atoms with Gasteiger partial charge in [-0.3, -0.25) is 9.59 Å². The molecule has 2 heterocycles. The van der Waals surface area contributed by atoms with Gasteiger partial charge in [0.05, 0.1) is 22.6 Å². The molecule has 2 aliphatic heterocycles. The van der Waals surface area contributed by atoms with Crippen LogP contribution in [0.5, 0.6) is 0 Å². The summed E-state index contributed by atoms with van der Waals surface area (Å²) in [7, 11) is -2.14. The van der Waals surface area contributed by atoms with Crippen LogP contribution in [0.3, 0.4) is 0 Å². The van der Waals surface area contributed by atoms with Crippen molar-refractivity contribution in [1.29, 1.82) is 0 Å². The number of nitrogens with zero attached hydrogens (tertiary/aromatic N) is 1. The topological polar surface area (TPSA) is 116 Å². The molecule has 3 N–H and O–H groups in total. The number of hydrogen-bond acceptors (Lipinski definition) is 6. The summed E-state index contributed by atoms with van der Waals surface area (Å²) >= 11 is 0. The molecular formula is C25H31N3O5S. The van der Waals surface area contributed by atoms with Crippen molar-refractivity contribution in [2.45, 2.75) is 43.1 Å². The Hall–Kier alpha value is -2.75. The predicted molar refractivity (Wildman–Crippen MR) is 130 cm³/mol. The summed E-state index contributed by atoms with van der Waals surface area (Å²) in [5.41, 5.74) is 4.00. The Morgan fingerprint density at radius 2 is 1.88 bits per heavy atom. The van der Waals surface area contributed by atoms with Crippen LogP contribution in [0.4, 0.5) is 5.69 Å². The number of sulfone groups is 1. The first-order chi connectivity index (χ1) is 16.1. The normalized spacial score (nSPS) is 21.4.